The highest BCUT2D eigenvalue weighted by atomic mass is 16.5. The second kappa shape index (κ2) is 5.00. The molecule has 1 heterocycles. The molecule has 0 aliphatic carbocycles. The zero-order valence-corrected chi connectivity index (χ0v) is 11.5. The first-order valence-corrected chi connectivity index (χ1v) is 6.52. The Morgan fingerprint density at radius 2 is 2.00 bits per heavy atom. The van der Waals surface area contributed by atoms with Crippen molar-refractivity contribution < 1.29 is 9.84 Å². The minimum atomic E-state index is -0.824. The highest BCUT2D eigenvalue weighted by Crippen LogP contribution is 2.27. The number of hydrogen-bond donors (Lipinski definition) is 1. The molecule has 0 saturated carbocycles. The van der Waals surface area contributed by atoms with E-state index in [9.17, 15) is 5.11 Å². The molecule has 3 nitrogen and oxygen atoms in total. The summed E-state index contributed by atoms with van der Waals surface area (Å²) in [5.74, 6) is 0. The monoisotopic (exact) mass is 249 g/mol. The van der Waals surface area contributed by atoms with Crippen molar-refractivity contribution in [2.75, 3.05) is 26.3 Å². The first kappa shape index (κ1) is 13.5. The Hall–Kier alpha value is -0.900. The van der Waals surface area contributed by atoms with Gasteiger partial charge in [0.1, 0.15) is 0 Å². The van der Waals surface area contributed by atoms with E-state index in [1.807, 2.05) is 37.3 Å². The van der Waals surface area contributed by atoms with Crippen LogP contribution in [0.1, 0.15) is 26.3 Å². The first-order valence-electron chi connectivity index (χ1n) is 6.52. The van der Waals surface area contributed by atoms with Crippen LogP contribution < -0.4 is 0 Å². The van der Waals surface area contributed by atoms with Crippen molar-refractivity contribution in [1.29, 1.82) is 0 Å². The third-order valence-electron chi connectivity index (χ3n) is 3.71. The Labute approximate surface area is 109 Å². The number of nitrogens with zero attached hydrogens (tertiary/aromatic N) is 1. The van der Waals surface area contributed by atoms with Gasteiger partial charge >= 0.3 is 0 Å². The molecule has 100 valence electrons. The highest BCUT2D eigenvalue weighted by molar-refractivity contribution is 5.22. The summed E-state index contributed by atoms with van der Waals surface area (Å²) in [6.45, 7) is 9.17. The van der Waals surface area contributed by atoms with Gasteiger partial charge in [0, 0.05) is 18.6 Å². The number of aliphatic hydroxyl groups is 1. The zero-order valence-electron chi connectivity index (χ0n) is 11.5. The van der Waals surface area contributed by atoms with E-state index in [-0.39, 0.29) is 5.54 Å². The van der Waals surface area contributed by atoms with Crippen LogP contribution in [0.25, 0.3) is 0 Å². The normalized spacial score (nSPS) is 23.6. The standard InChI is InChI=1S/C15H23NO2/c1-14(2)12-18-10-9-16(14)11-15(3,17)13-7-5-4-6-8-13/h4-8,17H,9-12H2,1-3H3. The molecule has 1 aromatic carbocycles. The number of hydrogen-bond acceptors (Lipinski definition) is 3. The van der Waals surface area contributed by atoms with E-state index < -0.39 is 5.60 Å². The summed E-state index contributed by atoms with van der Waals surface area (Å²) in [6, 6.07) is 9.86. The van der Waals surface area contributed by atoms with E-state index in [0.29, 0.717) is 6.54 Å². The van der Waals surface area contributed by atoms with Crippen LogP contribution in [0.4, 0.5) is 0 Å². The Morgan fingerprint density at radius 1 is 1.33 bits per heavy atom. The van der Waals surface area contributed by atoms with Crippen molar-refractivity contribution in [3.8, 4) is 0 Å². The number of β-amino-alcohol motifs (C(OH)–C–C–N with tert-alkyl or cyclic N) is 1. The lowest BCUT2D eigenvalue weighted by molar-refractivity contribution is -0.0885. The number of rotatable bonds is 3. The summed E-state index contributed by atoms with van der Waals surface area (Å²) in [6.07, 6.45) is 0. The van der Waals surface area contributed by atoms with Crippen LogP contribution in [0, 0.1) is 0 Å². The Balaban J connectivity index is 2.12. The minimum Gasteiger partial charge on any atom is -0.384 e. The van der Waals surface area contributed by atoms with Gasteiger partial charge in [-0.15, -0.1) is 0 Å². The van der Waals surface area contributed by atoms with Crippen LogP contribution >= 0.6 is 0 Å². The quantitative estimate of drug-likeness (QED) is 0.889. The molecule has 3 heteroatoms. The van der Waals surface area contributed by atoms with Crippen molar-refractivity contribution in [2.24, 2.45) is 0 Å². The van der Waals surface area contributed by atoms with Gasteiger partial charge in [0.2, 0.25) is 0 Å². The van der Waals surface area contributed by atoms with Gasteiger partial charge in [-0.05, 0) is 26.3 Å². The fourth-order valence-corrected chi connectivity index (χ4v) is 2.44. The lowest BCUT2D eigenvalue weighted by atomic mass is 9.92. The fourth-order valence-electron chi connectivity index (χ4n) is 2.44. The molecule has 0 bridgehead atoms. The first-order chi connectivity index (χ1) is 8.42. The topological polar surface area (TPSA) is 32.7 Å². The molecule has 0 amide bonds. The van der Waals surface area contributed by atoms with E-state index in [1.54, 1.807) is 0 Å². The van der Waals surface area contributed by atoms with Gasteiger partial charge in [0.05, 0.1) is 18.8 Å². The average molecular weight is 249 g/mol. The van der Waals surface area contributed by atoms with Gasteiger partial charge in [0.25, 0.3) is 0 Å². The Morgan fingerprint density at radius 3 is 2.61 bits per heavy atom. The highest BCUT2D eigenvalue weighted by Gasteiger charge is 2.35. The van der Waals surface area contributed by atoms with Crippen LogP contribution in [0.5, 0.6) is 0 Å². The second-order valence-corrected chi connectivity index (χ2v) is 5.93. The van der Waals surface area contributed by atoms with Crippen LogP contribution in [0.15, 0.2) is 30.3 Å². The smallest absolute Gasteiger partial charge is 0.0995 e. The molecule has 1 N–H and O–H groups in total. The molecule has 0 spiro atoms. The van der Waals surface area contributed by atoms with E-state index in [0.717, 1.165) is 25.3 Å². The minimum absolute atomic E-state index is 0.0168. The summed E-state index contributed by atoms with van der Waals surface area (Å²) in [5, 5.41) is 10.7. The van der Waals surface area contributed by atoms with E-state index >= 15 is 0 Å². The Bertz CT molecular complexity index is 387. The molecular weight excluding hydrogens is 226 g/mol. The molecular formula is C15H23NO2. The molecule has 1 unspecified atom stereocenters. The summed E-state index contributed by atoms with van der Waals surface area (Å²) >= 11 is 0. The summed E-state index contributed by atoms with van der Waals surface area (Å²) < 4.78 is 5.51. The summed E-state index contributed by atoms with van der Waals surface area (Å²) in [5.41, 5.74) is 0.125. The van der Waals surface area contributed by atoms with E-state index in [1.165, 1.54) is 0 Å². The molecule has 1 saturated heterocycles. The molecule has 18 heavy (non-hydrogen) atoms. The lowest BCUT2D eigenvalue weighted by Gasteiger charge is -2.45. The van der Waals surface area contributed by atoms with Gasteiger partial charge in [-0.25, -0.2) is 0 Å². The SMILES string of the molecule is CC(O)(CN1CCOCC1(C)C)c1ccccc1. The average Bonchev–Trinajstić information content (AvgIpc) is 2.33. The van der Waals surface area contributed by atoms with Crippen LogP contribution in [-0.2, 0) is 10.3 Å². The largest absolute Gasteiger partial charge is 0.384 e. The van der Waals surface area contributed by atoms with Gasteiger partial charge in [-0.3, -0.25) is 4.90 Å². The van der Waals surface area contributed by atoms with Gasteiger partial charge in [-0.1, -0.05) is 30.3 Å². The predicted octanol–water partition coefficient (Wildman–Crippen LogP) is 2.00. The maximum absolute atomic E-state index is 10.7. The van der Waals surface area contributed by atoms with E-state index in [4.69, 9.17) is 4.74 Å². The molecule has 1 atom stereocenters. The predicted molar refractivity (Wildman–Crippen MR) is 72.5 cm³/mol. The number of benzene rings is 1. The van der Waals surface area contributed by atoms with Crippen LogP contribution in [0.2, 0.25) is 0 Å². The third kappa shape index (κ3) is 2.91. The van der Waals surface area contributed by atoms with Crippen molar-refractivity contribution in [3.05, 3.63) is 35.9 Å². The molecule has 0 aromatic heterocycles. The van der Waals surface area contributed by atoms with Crippen molar-refractivity contribution in [2.45, 2.75) is 31.9 Å². The van der Waals surface area contributed by atoms with Gasteiger partial charge < -0.3 is 9.84 Å². The molecule has 2 rings (SSSR count). The second-order valence-electron chi connectivity index (χ2n) is 5.93. The molecule has 0 radical (unpaired) electrons. The fraction of sp³-hybridized carbons (Fsp3) is 0.600. The summed E-state index contributed by atoms with van der Waals surface area (Å²) in [7, 11) is 0. The summed E-state index contributed by atoms with van der Waals surface area (Å²) in [4.78, 5) is 2.31. The van der Waals surface area contributed by atoms with Crippen LogP contribution in [-0.4, -0.2) is 41.8 Å². The van der Waals surface area contributed by atoms with Crippen molar-refractivity contribution >= 4 is 0 Å². The van der Waals surface area contributed by atoms with E-state index in [2.05, 4.69) is 18.7 Å². The van der Waals surface area contributed by atoms with Crippen molar-refractivity contribution in [1.82, 2.24) is 4.90 Å². The number of ether oxygens (including phenoxy) is 1. The Kier molecular flexibility index (Phi) is 3.76. The third-order valence-corrected chi connectivity index (χ3v) is 3.71. The maximum Gasteiger partial charge on any atom is 0.0995 e. The van der Waals surface area contributed by atoms with Gasteiger partial charge in [0.15, 0.2) is 0 Å². The zero-order chi connectivity index (χ0) is 13.2. The molecule has 1 aliphatic rings. The maximum atomic E-state index is 10.7. The lowest BCUT2D eigenvalue weighted by Crippen LogP contribution is -2.56. The molecule has 1 aliphatic heterocycles. The van der Waals surface area contributed by atoms with Crippen molar-refractivity contribution in [3.63, 3.8) is 0 Å². The molecule has 1 aromatic rings. The molecule has 1 fully saturated rings. The van der Waals surface area contributed by atoms with Crippen LogP contribution in [0.3, 0.4) is 0 Å². The number of morpholine rings is 1. The van der Waals surface area contributed by atoms with Gasteiger partial charge in [-0.2, -0.15) is 0 Å².